The van der Waals surface area contributed by atoms with E-state index in [-0.39, 0.29) is 12.5 Å². The fourth-order valence-electron chi connectivity index (χ4n) is 5.27. The van der Waals surface area contributed by atoms with Crippen molar-refractivity contribution in [3.05, 3.63) is 138 Å². The smallest absolute Gasteiger partial charge is 0.304 e. The lowest BCUT2D eigenvalue weighted by molar-refractivity contribution is -0.293. The first-order valence-electron chi connectivity index (χ1n) is 15.0. The van der Waals surface area contributed by atoms with Crippen LogP contribution in [0.15, 0.2) is 120 Å². The zero-order valence-corrected chi connectivity index (χ0v) is 26.1. The van der Waals surface area contributed by atoms with Gasteiger partial charge in [-0.3, -0.25) is 4.79 Å². The van der Waals surface area contributed by atoms with Gasteiger partial charge in [0.05, 0.1) is 38.4 Å². The summed E-state index contributed by atoms with van der Waals surface area (Å²) in [6.45, 7) is 4.94. The minimum Gasteiger partial charge on any atom is -0.435 e. The molecule has 0 saturated carbocycles. The van der Waals surface area contributed by atoms with Crippen LogP contribution in [0.1, 0.15) is 29.2 Å². The molecule has 0 spiro atoms. The van der Waals surface area contributed by atoms with E-state index < -0.39 is 30.6 Å². The van der Waals surface area contributed by atoms with E-state index >= 15 is 0 Å². The Kier molecular flexibility index (Phi) is 12.0. The van der Waals surface area contributed by atoms with E-state index in [4.69, 9.17) is 23.7 Å². The molecule has 4 aromatic carbocycles. The van der Waals surface area contributed by atoms with Crippen LogP contribution in [0.4, 0.5) is 0 Å². The molecule has 0 amide bonds. The first-order chi connectivity index (χ1) is 21.6. The second-order valence-electron chi connectivity index (χ2n) is 10.9. The Labute approximate surface area is 264 Å². The van der Waals surface area contributed by atoms with E-state index in [0.29, 0.717) is 25.6 Å². The summed E-state index contributed by atoms with van der Waals surface area (Å²) in [7, 11) is 0. The van der Waals surface area contributed by atoms with E-state index in [0.717, 1.165) is 21.6 Å². The number of esters is 1. The van der Waals surface area contributed by atoms with Gasteiger partial charge in [0.1, 0.15) is 12.2 Å². The van der Waals surface area contributed by atoms with Crippen LogP contribution < -0.4 is 0 Å². The molecular formula is C37H40O6S. The predicted octanol–water partition coefficient (Wildman–Crippen LogP) is 7.38. The van der Waals surface area contributed by atoms with E-state index in [1.807, 2.05) is 103 Å². The molecule has 7 heteroatoms. The van der Waals surface area contributed by atoms with E-state index in [2.05, 4.69) is 19.1 Å². The van der Waals surface area contributed by atoms with Crippen LogP contribution in [0.2, 0.25) is 0 Å². The fraction of sp³-hybridized carbons (Fsp3) is 0.324. The zero-order chi connectivity index (χ0) is 30.6. The molecule has 1 heterocycles. The third kappa shape index (κ3) is 9.27. The van der Waals surface area contributed by atoms with Gasteiger partial charge in [-0.15, -0.1) is 11.8 Å². The Bertz CT molecular complexity index is 1420. The summed E-state index contributed by atoms with van der Waals surface area (Å²) in [5.74, 6) is -0.112. The maximum Gasteiger partial charge on any atom is 0.304 e. The normalized spacial score (nSPS) is 21.5. The summed E-state index contributed by atoms with van der Waals surface area (Å²) in [6.07, 6.45) is -2.29. The van der Waals surface area contributed by atoms with Crippen LogP contribution in [-0.2, 0) is 48.3 Å². The largest absolute Gasteiger partial charge is 0.435 e. The highest BCUT2D eigenvalue weighted by molar-refractivity contribution is 7.99. The maximum absolute atomic E-state index is 12.4. The van der Waals surface area contributed by atoms with Gasteiger partial charge < -0.3 is 23.7 Å². The topological polar surface area (TPSA) is 63.2 Å². The molecule has 4 aromatic rings. The standard InChI is InChI=1S/C37H40O6S/c1-27-14-12-13-21-34(27)44-26-32-35(40-23-30-17-8-4-9-18-30)36(41-24-31-19-10-5-11-20-31)33(43-37(32)42-28(2)38)25-39-22-29-15-6-3-7-16-29/h3-21,32-33,35-37H,22-26H2,1-2H3/t32-,33+,35+,36+,37-/m0/s1. The summed E-state index contributed by atoms with van der Waals surface area (Å²) in [5.41, 5.74) is 4.34. The molecule has 6 nitrogen and oxygen atoms in total. The lowest BCUT2D eigenvalue weighted by Gasteiger charge is -2.45. The molecule has 1 aliphatic heterocycles. The molecule has 1 saturated heterocycles. The molecular weight excluding hydrogens is 572 g/mol. The molecule has 0 bridgehead atoms. The molecule has 0 radical (unpaired) electrons. The summed E-state index contributed by atoms with van der Waals surface area (Å²) >= 11 is 1.70. The van der Waals surface area contributed by atoms with Crippen molar-refractivity contribution in [2.45, 2.75) is 63.2 Å². The van der Waals surface area contributed by atoms with Gasteiger partial charge in [-0.1, -0.05) is 109 Å². The number of carbonyl (C=O) groups excluding carboxylic acids is 1. The van der Waals surface area contributed by atoms with Gasteiger partial charge in [-0.2, -0.15) is 0 Å². The van der Waals surface area contributed by atoms with Crippen molar-refractivity contribution in [1.29, 1.82) is 0 Å². The van der Waals surface area contributed by atoms with Crippen molar-refractivity contribution < 1.29 is 28.5 Å². The van der Waals surface area contributed by atoms with Crippen molar-refractivity contribution in [2.24, 2.45) is 5.92 Å². The van der Waals surface area contributed by atoms with Crippen molar-refractivity contribution in [2.75, 3.05) is 12.4 Å². The average molecular weight is 613 g/mol. The molecule has 0 aliphatic carbocycles. The van der Waals surface area contributed by atoms with Crippen molar-refractivity contribution in [3.63, 3.8) is 0 Å². The van der Waals surface area contributed by atoms with Gasteiger partial charge in [0.25, 0.3) is 0 Å². The van der Waals surface area contributed by atoms with Crippen LogP contribution in [0.5, 0.6) is 0 Å². The Hall–Kier alpha value is -3.46. The third-order valence-corrected chi connectivity index (χ3v) is 8.86. The van der Waals surface area contributed by atoms with Crippen molar-refractivity contribution in [3.8, 4) is 0 Å². The van der Waals surface area contributed by atoms with Crippen LogP contribution in [0.25, 0.3) is 0 Å². The first-order valence-corrected chi connectivity index (χ1v) is 16.0. The molecule has 0 N–H and O–H groups in total. The summed E-state index contributed by atoms with van der Waals surface area (Å²) in [4.78, 5) is 13.5. The Morgan fingerprint density at radius 1 is 0.705 bits per heavy atom. The van der Waals surface area contributed by atoms with Crippen LogP contribution >= 0.6 is 11.8 Å². The third-order valence-electron chi connectivity index (χ3n) is 7.54. The molecule has 44 heavy (non-hydrogen) atoms. The Morgan fingerprint density at radius 3 is 1.80 bits per heavy atom. The average Bonchev–Trinajstić information content (AvgIpc) is 3.04. The number of aryl methyl sites for hydroxylation is 1. The zero-order valence-electron chi connectivity index (χ0n) is 25.2. The van der Waals surface area contributed by atoms with E-state index in [1.54, 1.807) is 11.8 Å². The number of ether oxygens (including phenoxy) is 5. The maximum atomic E-state index is 12.4. The van der Waals surface area contributed by atoms with Gasteiger partial charge in [0.2, 0.25) is 6.29 Å². The second-order valence-corrected chi connectivity index (χ2v) is 12.0. The highest BCUT2D eigenvalue weighted by Crippen LogP contribution is 2.37. The number of rotatable bonds is 14. The molecule has 5 atom stereocenters. The summed E-state index contributed by atoms with van der Waals surface area (Å²) < 4.78 is 32.0. The van der Waals surface area contributed by atoms with Crippen LogP contribution in [0, 0.1) is 12.8 Å². The Balaban J connectivity index is 1.44. The number of benzene rings is 4. The molecule has 230 valence electrons. The van der Waals surface area contributed by atoms with Gasteiger partial charge in [0, 0.05) is 17.6 Å². The van der Waals surface area contributed by atoms with Crippen molar-refractivity contribution in [1.82, 2.24) is 0 Å². The monoisotopic (exact) mass is 612 g/mol. The van der Waals surface area contributed by atoms with Gasteiger partial charge in [0.15, 0.2) is 0 Å². The minimum absolute atomic E-state index is 0.245. The van der Waals surface area contributed by atoms with Gasteiger partial charge >= 0.3 is 5.97 Å². The fourth-order valence-corrected chi connectivity index (χ4v) is 6.46. The molecule has 0 unspecified atom stereocenters. The number of hydrogen-bond acceptors (Lipinski definition) is 7. The number of hydrogen-bond donors (Lipinski definition) is 0. The van der Waals surface area contributed by atoms with Crippen LogP contribution in [0.3, 0.4) is 0 Å². The Morgan fingerprint density at radius 2 is 1.23 bits per heavy atom. The van der Waals surface area contributed by atoms with Crippen LogP contribution in [-0.4, -0.2) is 42.9 Å². The first kappa shape index (κ1) is 31.9. The minimum atomic E-state index is -0.827. The van der Waals surface area contributed by atoms with Crippen molar-refractivity contribution >= 4 is 17.7 Å². The molecule has 1 aliphatic rings. The second kappa shape index (κ2) is 16.6. The quantitative estimate of drug-likeness (QED) is 0.109. The summed E-state index contributed by atoms with van der Waals surface area (Å²) in [6, 6.07) is 38.4. The highest BCUT2D eigenvalue weighted by atomic mass is 32.2. The molecule has 5 rings (SSSR count). The number of thioether (sulfide) groups is 1. The van der Waals surface area contributed by atoms with E-state index in [1.165, 1.54) is 12.5 Å². The molecule has 0 aromatic heterocycles. The van der Waals surface area contributed by atoms with Gasteiger partial charge in [-0.05, 0) is 35.2 Å². The predicted molar refractivity (Wildman–Crippen MR) is 172 cm³/mol. The highest BCUT2D eigenvalue weighted by Gasteiger charge is 2.49. The summed E-state index contributed by atoms with van der Waals surface area (Å²) in [5, 5.41) is 0. The van der Waals surface area contributed by atoms with Gasteiger partial charge in [-0.25, -0.2) is 0 Å². The number of carbonyl (C=O) groups is 1. The SMILES string of the molecule is CC(=O)O[C@H]1O[C@H](COCc2ccccc2)[C@@H](OCc2ccccc2)[C@H](OCc2ccccc2)[C@@H]1CSc1ccccc1C. The van der Waals surface area contributed by atoms with E-state index in [9.17, 15) is 4.79 Å². The lowest BCUT2D eigenvalue weighted by Crippen LogP contribution is -2.59. The lowest BCUT2D eigenvalue weighted by atomic mass is 9.91. The molecule has 1 fully saturated rings.